The third kappa shape index (κ3) is 2.75. The fourth-order valence-corrected chi connectivity index (χ4v) is 1.51. The monoisotopic (exact) mass is 266 g/mol. The second-order valence-corrected chi connectivity index (χ2v) is 3.92. The predicted octanol–water partition coefficient (Wildman–Crippen LogP) is 2.83. The van der Waals surface area contributed by atoms with Crippen molar-refractivity contribution in [2.45, 2.75) is 0 Å². The van der Waals surface area contributed by atoms with E-state index in [0.29, 0.717) is 10.7 Å². The van der Waals surface area contributed by atoms with Gasteiger partial charge in [0.05, 0.1) is 17.4 Å². The van der Waals surface area contributed by atoms with Crippen LogP contribution in [0.1, 0.15) is 10.4 Å². The minimum Gasteiger partial charge on any atom is -0.507 e. The van der Waals surface area contributed by atoms with Gasteiger partial charge in [0.15, 0.2) is 0 Å². The smallest absolute Gasteiger partial charge is 0.259 e. The highest BCUT2D eigenvalue weighted by Gasteiger charge is 2.12. The van der Waals surface area contributed by atoms with Crippen molar-refractivity contribution in [2.24, 2.45) is 0 Å². The number of amides is 1. The van der Waals surface area contributed by atoms with E-state index in [1.165, 1.54) is 30.5 Å². The van der Waals surface area contributed by atoms with E-state index < -0.39 is 11.9 Å². The lowest BCUT2D eigenvalue weighted by Crippen LogP contribution is -2.12. The van der Waals surface area contributed by atoms with Crippen molar-refractivity contribution in [1.82, 2.24) is 4.98 Å². The highest BCUT2D eigenvalue weighted by atomic mass is 35.5. The Hall–Kier alpha value is -2.14. The molecule has 6 heteroatoms. The maximum absolute atomic E-state index is 12.6. The fourth-order valence-electron chi connectivity index (χ4n) is 1.34. The molecule has 0 fully saturated rings. The molecule has 0 saturated carbocycles. The summed E-state index contributed by atoms with van der Waals surface area (Å²) in [6.45, 7) is 0. The first-order chi connectivity index (χ1) is 8.56. The molecule has 1 amide bonds. The molecule has 2 rings (SSSR count). The molecule has 2 aromatic rings. The molecule has 0 aliphatic heterocycles. The van der Waals surface area contributed by atoms with Crippen LogP contribution in [-0.2, 0) is 0 Å². The molecule has 1 aromatic carbocycles. The van der Waals surface area contributed by atoms with Crippen molar-refractivity contribution in [2.75, 3.05) is 5.32 Å². The van der Waals surface area contributed by atoms with Gasteiger partial charge in [-0.1, -0.05) is 11.6 Å². The quantitative estimate of drug-likeness (QED) is 0.822. The minimum absolute atomic E-state index is 0.0341. The largest absolute Gasteiger partial charge is 0.507 e. The molecule has 0 aliphatic rings. The maximum Gasteiger partial charge on any atom is 0.259 e. The number of hydrogen-bond donors (Lipinski definition) is 2. The topological polar surface area (TPSA) is 62.2 Å². The van der Waals surface area contributed by atoms with Gasteiger partial charge in [0.2, 0.25) is 5.95 Å². The van der Waals surface area contributed by atoms with Gasteiger partial charge in [-0.15, -0.1) is 0 Å². The second kappa shape index (κ2) is 5.01. The average molecular weight is 267 g/mol. The molecule has 0 atom stereocenters. The number of nitrogens with one attached hydrogen (secondary N) is 1. The molecule has 0 saturated heterocycles. The van der Waals surface area contributed by atoms with Crippen LogP contribution in [0.3, 0.4) is 0 Å². The first-order valence-corrected chi connectivity index (χ1v) is 5.35. The molecule has 0 spiro atoms. The Morgan fingerprint density at radius 1 is 1.33 bits per heavy atom. The highest BCUT2D eigenvalue weighted by molar-refractivity contribution is 6.31. The van der Waals surface area contributed by atoms with Crippen molar-refractivity contribution >= 4 is 23.2 Å². The number of pyridine rings is 1. The molecule has 4 nitrogen and oxygen atoms in total. The average Bonchev–Trinajstić information content (AvgIpc) is 2.35. The van der Waals surface area contributed by atoms with E-state index in [1.54, 1.807) is 0 Å². The number of hydrogen-bond acceptors (Lipinski definition) is 3. The van der Waals surface area contributed by atoms with Crippen LogP contribution in [0.25, 0.3) is 0 Å². The minimum atomic E-state index is -0.640. The number of benzene rings is 1. The summed E-state index contributed by atoms with van der Waals surface area (Å²) in [5, 5.41) is 12.3. The summed E-state index contributed by atoms with van der Waals surface area (Å²) >= 11 is 5.73. The lowest BCUT2D eigenvalue weighted by Gasteiger charge is -2.06. The van der Waals surface area contributed by atoms with Crippen LogP contribution >= 0.6 is 11.6 Å². The van der Waals surface area contributed by atoms with Gasteiger partial charge in [-0.2, -0.15) is 4.39 Å². The predicted molar refractivity (Wildman–Crippen MR) is 65.3 cm³/mol. The highest BCUT2D eigenvalue weighted by Crippen LogP contribution is 2.22. The van der Waals surface area contributed by atoms with Gasteiger partial charge >= 0.3 is 0 Å². The number of nitrogens with zero attached hydrogens (tertiary/aromatic N) is 1. The van der Waals surface area contributed by atoms with Crippen molar-refractivity contribution in [1.29, 1.82) is 0 Å². The van der Waals surface area contributed by atoms with Gasteiger partial charge in [0, 0.05) is 5.02 Å². The Balaban J connectivity index is 2.21. The standard InChI is InChI=1S/C12H8ClFN2O2/c13-7-1-3-10(17)9(5-7)12(18)16-8-2-4-11(14)15-6-8/h1-6,17H,(H,16,18). The summed E-state index contributed by atoms with van der Waals surface area (Å²) in [5.74, 6) is -1.38. The van der Waals surface area contributed by atoms with E-state index in [-0.39, 0.29) is 11.3 Å². The normalized spacial score (nSPS) is 10.1. The lowest BCUT2D eigenvalue weighted by atomic mass is 10.2. The molecule has 0 aliphatic carbocycles. The zero-order valence-electron chi connectivity index (χ0n) is 9.02. The lowest BCUT2D eigenvalue weighted by molar-refractivity contribution is 0.102. The number of aromatic hydroxyl groups is 1. The van der Waals surface area contributed by atoms with Gasteiger partial charge in [-0.3, -0.25) is 4.79 Å². The van der Waals surface area contributed by atoms with Crippen LogP contribution in [0.2, 0.25) is 5.02 Å². The second-order valence-electron chi connectivity index (χ2n) is 3.49. The SMILES string of the molecule is O=C(Nc1ccc(F)nc1)c1cc(Cl)ccc1O. The van der Waals surface area contributed by atoms with E-state index in [2.05, 4.69) is 10.3 Å². The van der Waals surface area contributed by atoms with Gasteiger partial charge in [0.25, 0.3) is 5.91 Å². The first kappa shape index (κ1) is 12.3. The molecular weight excluding hydrogens is 259 g/mol. The number of anilines is 1. The number of phenolic OH excluding ortho intramolecular Hbond substituents is 1. The van der Waals surface area contributed by atoms with E-state index in [9.17, 15) is 14.3 Å². The van der Waals surface area contributed by atoms with Crippen molar-refractivity contribution in [3.8, 4) is 5.75 Å². The van der Waals surface area contributed by atoms with Crippen LogP contribution < -0.4 is 5.32 Å². The summed E-state index contributed by atoms with van der Waals surface area (Å²) in [4.78, 5) is 15.2. The number of rotatable bonds is 2. The van der Waals surface area contributed by atoms with Gasteiger partial charge in [-0.25, -0.2) is 4.98 Å². The van der Waals surface area contributed by atoms with Gasteiger partial charge < -0.3 is 10.4 Å². The zero-order chi connectivity index (χ0) is 13.1. The molecule has 2 N–H and O–H groups in total. The van der Waals surface area contributed by atoms with E-state index in [1.807, 2.05) is 0 Å². The van der Waals surface area contributed by atoms with Crippen molar-refractivity contribution in [3.05, 3.63) is 53.1 Å². The molecular formula is C12H8ClFN2O2. The molecule has 1 aromatic heterocycles. The first-order valence-electron chi connectivity index (χ1n) is 4.97. The molecule has 92 valence electrons. The fraction of sp³-hybridized carbons (Fsp3) is 0. The van der Waals surface area contributed by atoms with Crippen LogP contribution in [0, 0.1) is 5.95 Å². The number of carbonyl (C=O) groups excluding carboxylic acids is 1. The molecule has 18 heavy (non-hydrogen) atoms. The summed E-state index contributed by atoms with van der Waals surface area (Å²) in [6.07, 6.45) is 1.18. The molecule has 0 unspecified atom stereocenters. The van der Waals surface area contributed by atoms with Crippen molar-refractivity contribution in [3.63, 3.8) is 0 Å². The summed E-state index contributed by atoms with van der Waals surface area (Å²) < 4.78 is 12.6. The third-order valence-corrected chi connectivity index (χ3v) is 2.42. The van der Waals surface area contributed by atoms with E-state index in [4.69, 9.17) is 11.6 Å². The Bertz CT molecular complexity index is 587. The van der Waals surface area contributed by atoms with Crippen LogP contribution in [-0.4, -0.2) is 16.0 Å². The Morgan fingerprint density at radius 3 is 2.78 bits per heavy atom. The Labute approximate surface area is 107 Å². The zero-order valence-corrected chi connectivity index (χ0v) is 9.78. The van der Waals surface area contributed by atoms with Crippen LogP contribution in [0.15, 0.2) is 36.5 Å². The van der Waals surface area contributed by atoms with Crippen molar-refractivity contribution < 1.29 is 14.3 Å². The third-order valence-electron chi connectivity index (χ3n) is 2.19. The summed E-state index contributed by atoms with van der Waals surface area (Å²) in [5.41, 5.74) is 0.354. The van der Waals surface area contributed by atoms with Crippen LogP contribution in [0.4, 0.5) is 10.1 Å². The van der Waals surface area contributed by atoms with Gasteiger partial charge in [-0.05, 0) is 30.3 Å². The number of halogens is 2. The summed E-state index contributed by atoms with van der Waals surface area (Å²) in [6, 6.07) is 6.60. The van der Waals surface area contributed by atoms with E-state index in [0.717, 1.165) is 6.07 Å². The number of carbonyl (C=O) groups is 1. The Kier molecular flexibility index (Phi) is 3.43. The number of aromatic nitrogens is 1. The van der Waals surface area contributed by atoms with Crippen LogP contribution in [0.5, 0.6) is 5.75 Å². The maximum atomic E-state index is 12.6. The number of phenols is 1. The molecule has 0 radical (unpaired) electrons. The summed E-state index contributed by atoms with van der Waals surface area (Å²) in [7, 11) is 0. The van der Waals surface area contributed by atoms with Gasteiger partial charge in [0.1, 0.15) is 5.75 Å². The molecule has 1 heterocycles. The Morgan fingerprint density at radius 2 is 2.11 bits per heavy atom. The molecule has 0 bridgehead atoms. The van der Waals surface area contributed by atoms with E-state index >= 15 is 0 Å².